The quantitative estimate of drug-likeness (QED) is 0.0236. The van der Waals surface area contributed by atoms with E-state index in [1.54, 1.807) is 12.4 Å². The van der Waals surface area contributed by atoms with Crippen molar-refractivity contribution in [1.82, 2.24) is 67.2 Å². The van der Waals surface area contributed by atoms with Crippen LogP contribution in [0.5, 0.6) is 0 Å². The second-order valence-corrected chi connectivity index (χ2v) is 19.2. The first-order chi connectivity index (χ1) is 39.3. The van der Waals surface area contributed by atoms with E-state index in [4.69, 9.17) is 10.2 Å². The molecule has 83 heavy (non-hydrogen) atoms. The molecule has 0 unspecified atom stereocenters. The van der Waals surface area contributed by atoms with Crippen LogP contribution in [0, 0.1) is 0 Å². The lowest BCUT2D eigenvalue weighted by molar-refractivity contribution is -0.143. The fraction of sp³-hybridized carbons (Fsp3) is 0.625. The summed E-state index contributed by atoms with van der Waals surface area (Å²) in [6, 6.07) is -10.4. The normalized spacial score (nSPS) is 13.1. The summed E-state index contributed by atoms with van der Waals surface area (Å²) in [7, 11) is 0. The van der Waals surface area contributed by atoms with E-state index in [2.05, 4.69) is 70.5 Å². The van der Waals surface area contributed by atoms with Crippen LogP contribution in [0.1, 0.15) is 127 Å². The van der Waals surface area contributed by atoms with Crippen molar-refractivity contribution in [2.45, 2.75) is 178 Å². The van der Waals surface area contributed by atoms with E-state index in [9.17, 15) is 92.7 Å². The van der Waals surface area contributed by atoms with Crippen LogP contribution in [-0.2, 0) is 93.1 Å². The smallest absolute Gasteiger partial charge is 0.327 e. The second kappa shape index (κ2) is 38.0. The third-order valence-corrected chi connectivity index (χ3v) is 12.3. The zero-order valence-corrected chi connectivity index (χ0v) is 46.0. The number of hydrogen-bond acceptors (Lipinski definition) is 19. The molecule has 0 saturated heterocycles. The molecule has 0 aliphatic rings. The lowest BCUT2D eigenvalue weighted by Gasteiger charge is -2.25. The Hall–Kier alpha value is -8.79. The maximum atomic E-state index is 13.8. The molecule has 0 spiro atoms. The van der Waals surface area contributed by atoms with E-state index in [0.29, 0.717) is 63.0 Å². The molecule has 0 aliphatic carbocycles. The Morgan fingerprint density at radius 2 is 0.795 bits per heavy atom. The predicted molar refractivity (Wildman–Crippen MR) is 282 cm³/mol. The number of carbonyl (C=O) groups is 14. The van der Waals surface area contributed by atoms with E-state index in [-0.39, 0.29) is 64.3 Å². The fourth-order valence-electron chi connectivity index (χ4n) is 7.66. The number of aromatic nitrogens is 6. The summed E-state index contributed by atoms with van der Waals surface area (Å²) in [6.45, 7) is 0.343. The zero-order chi connectivity index (χ0) is 62.0. The van der Waals surface area contributed by atoms with Gasteiger partial charge in [0.15, 0.2) is 0 Å². The number of hydrogen-bond donors (Lipinski definition) is 15. The van der Waals surface area contributed by atoms with Crippen LogP contribution in [0.3, 0.4) is 0 Å². The summed E-state index contributed by atoms with van der Waals surface area (Å²) in [5.74, 6) is -17.2. The number of thiol groups is 1. The number of aliphatic carboxylic acids is 7. The van der Waals surface area contributed by atoms with Crippen molar-refractivity contribution in [2.75, 3.05) is 12.3 Å². The first kappa shape index (κ1) is 70.3. The van der Waals surface area contributed by atoms with Crippen molar-refractivity contribution in [1.29, 1.82) is 0 Å². The van der Waals surface area contributed by atoms with E-state index in [0.717, 1.165) is 0 Å². The van der Waals surface area contributed by atoms with Gasteiger partial charge in [-0.3, -0.25) is 71.7 Å². The fourth-order valence-corrected chi connectivity index (χ4v) is 7.91. The zero-order valence-electron chi connectivity index (χ0n) is 45.1. The molecular formula is C48H71N13O21S. The molecule has 0 fully saturated rings. The highest BCUT2D eigenvalue weighted by atomic mass is 32.1. The number of unbranched alkanes of at least 4 members (excludes halogenated alkanes) is 3. The van der Waals surface area contributed by atoms with Crippen LogP contribution in [0.4, 0.5) is 0 Å². The third kappa shape index (κ3) is 30.6. The van der Waals surface area contributed by atoms with Gasteiger partial charge >= 0.3 is 41.8 Å². The molecule has 2 aromatic heterocycles. The lowest BCUT2D eigenvalue weighted by Crippen LogP contribution is -2.58. The van der Waals surface area contributed by atoms with Crippen molar-refractivity contribution in [3.8, 4) is 0 Å². The van der Waals surface area contributed by atoms with Crippen LogP contribution in [0.25, 0.3) is 0 Å². The molecule has 7 amide bonds. The van der Waals surface area contributed by atoms with Crippen LogP contribution in [0.15, 0.2) is 12.4 Å². The minimum atomic E-state index is -1.81. The van der Waals surface area contributed by atoms with Crippen molar-refractivity contribution in [2.24, 2.45) is 0 Å². The van der Waals surface area contributed by atoms with Crippen molar-refractivity contribution >= 4 is 95.8 Å². The Morgan fingerprint density at radius 3 is 1.19 bits per heavy atom. The Kier molecular flexibility index (Phi) is 32.2. The highest BCUT2D eigenvalue weighted by molar-refractivity contribution is 7.80. The van der Waals surface area contributed by atoms with Gasteiger partial charge < -0.3 is 73.0 Å². The minimum absolute atomic E-state index is 0.0416. The first-order valence-electron chi connectivity index (χ1n) is 26.3. The van der Waals surface area contributed by atoms with Crippen molar-refractivity contribution < 1.29 is 103 Å². The van der Waals surface area contributed by atoms with E-state index in [1.165, 1.54) is 9.36 Å². The number of amides is 7. The molecule has 2 heterocycles. The maximum absolute atomic E-state index is 13.8. The molecular weight excluding hydrogens is 1130 g/mol. The van der Waals surface area contributed by atoms with Gasteiger partial charge in [-0.15, -0.1) is 10.2 Å². The second-order valence-electron chi connectivity index (χ2n) is 18.9. The molecule has 0 aliphatic heterocycles. The monoisotopic (exact) mass is 1200 g/mol. The van der Waals surface area contributed by atoms with Gasteiger partial charge in [0, 0.05) is 69.9 Å². The predicted octanol–water partition coefficient (Wildman–Crippen LogP) is -2.78. The van der Waals surface area contributed by atoms with Crippen LogP contribution in [0.2, 0.25) is 0 Å². The number of aryl methyl sites for hydroxylation is 4. The largest absolute Gasteiger partial charge is 0.481 e. The number of carboxylic acids is 7. The maximum Gasteiger partial charge on any atom is 0.327 e. The van der Waals surface area contributed by atoms with Gasteiger partial charge in [-0.2, -0.15) is 12.6 Å². The Bertz CT molecular complexity index is 2580. The molecule has 0 radical (unpaired) electrons. The number of rotatable bonds is 45. The van der Waals surface area contributed by atoms with Gasteiger partial charge in [0.1, 0.15) is 36.3 Å². The number of nitrogens with one attached hydrogen (secondary N) is 7. The van der Waals surface area contributed by atoms with E-state index < -0.39 is 157 Å². The van der Waals surface area contributed by atoms with Gasteiger partial charge in [0.2, 0.25) is 41.4 Å². The molecule has 2 aromatic rings. The Morgan fingerprint density at radius 1 is 0.410 bits per heavy atom. The van der Waals surface area contributed by atoms with E-state index >= 15 is 0 Å². The first-order valence-corrected chi connectivity index (χ1v) is 26.9. The summed E-state index contributed by atoms with van der Waals surface area (Å²) in [4.78, 5) is 173. The van der Waals surface area contributed by atoms with Gasteiger partial charge in [0.05, 0.1) is 30.7 Å². The number of carboxylic acid groups (broad SMARTS) is 7. The molecule has 34 nitrogen and oxygen atoms in total. The highest BCUT2D eigenvalue weighted by Gasteiger charge is 2.33. The average molecular weight is 1200 g/mol. The molecule has 2 rings (SSSR count). The Balaban J connectivity index is 2.09. The number of carbonyl (C=O) groups excluding carboxylic acids is 7. The SMILES string of the molecule is O=C(O)CCCc1cn(CCCCC(=O)N[C@@H](CC(=O)O)C(=O)N[C@@H](CC(=O)O)C(=O)NCCCC[C@H](NC(=O)[C@H](CCC(=O)O)NC(=O)[C@H](CC(=O)O)NC(=O)CCCCn2cc(CCCC(=O)O)nn2)C(=O)N[C@@H](CS)C(=O)O)nn1. The molecule has 0 saturated carbocycles. The van der Waals surface area contributed by atoms with Gasteiger partial charge in [-0.05, 0) is 77.0 Å². The summed E-state index contributed by atoms with van der Waals surface area (Å²) in [5, 5.41) is 96.8. The summed E-state index contributed by atoms with van der Waals surface area (Å²) < 4.78 is 2.98. The average Bonchev–Trinajstić information content (AvgIpc) is 4.12. The van der Waals surface area contributed by atoms with Crippen molar-refractivity contribution in [3.63, 3.8) is 0 Å². The molecule has 6 atom stereocenters. The van der Waals surface area contributed by atoms with Gasteiger partial charge in [-0.25, -0.2) is 4.79 Å². The molecule has 0 aromatic carbocycles. The van der Waals surface area contributed by atoms with Crippen LogP contribution < -0.4 is 37.2 Å². The van der Waals surface area contributed by atoms with Crippen LogP contribution >= 0.6 is 12.6 Å². The Labute approximate surface area is 478 Å². The topological polar surface area (TPSA) is 526 Å². The minimum Gasteiger partial charge on any atom is -0.481 e. The molecule has 14 N–H and O–H groups in total. The lowest BCUT2D eigenvalue weighted by atomic mass is 10.0. The third-order valence-electron chi connectivity index (χ3n) is 11.9. The highest BCUT2D eigenvalue weighted by Crippen LogP contribution is 2.10. The summed E-state index contributed by atoms with van der Waals surface area (Å²) in [5.41, 5.74) is 1.13. The standard InChI is InChI=1S/C48H71N13O21S/c62-35(12-2-5-19-60-24-27(56-58-60)9-7-14-37(64)65)50-32(22-41(72)73)46(79)53-30(16-17-39(68)69)45(78)52-29(44(77)55-34(26-83)48(81)82)11-1-4-18-49-43(76)31(21-40(70)71)54-47(80)33(23-42(74)75)51-36(63)13-3-6-20-61-25-28(57-59-61)10-8-15-38(66)67/h24-25,29-34,83H,1-23,26H2,(H,49,76)(H,50,62)(H,51,63)(H,52,78)(H,53,79)(H,54,80)(H,55,77)(H,64,65)(H,66,67)(H,68,69)(H,70,71)(H,72,73)(H,74,75)(H,81,82)/t29-,30-,31-,32-,33-,34-/m0/s1. The molecule has 0 bridgehead atoms. The number of nitrogens with zero attached hydrogens (tertiary/aromatic N) is 6. The summed E-state index contributed by atoms with van der Waals surface area (Å²) in [6.07, 6.45) is 0.681. The molecule has 460 valence electrons. The van der Waals surface area contributed by atoms with Gasteiger partial charge in [0.25, 0.3) is 0 Å². The van der Waals surface area contributed by atoms with E-state index in [1.807, 2.05) is 0 Å². The van der Waals surface area contributed by atoms with Crippen LogP contribution in [-0.4, -0.2) is 197 Å². The van der Waals surface area contributed by atoms with Crippen molar-refractivity contribution in [3.05, 3.63) is 23.8 Å². The van der Waals surface area contributed by atoms with Gasteiger partial charge in [-0.1, -0.05) is 10.4 Å². The summed E-state index contributed by atoms with van der Waals surface area (Å²) >= 11 is 3.92. The molecule has 35 heteroatoms.